The molecule has 4 heteroatoms. The lowest BCUT2D eigenvalue weighted by Gasteiger charge is -2.36. The molecular formula is C21H25N3O. The quantitative estimate of drug-likeness (QED) is 0.859. The van der Waals surface area contributed by atoms with E-state index in [-0.39, 0.29) is 11.9 Å². The summed E-state index contributed by atoms with van der Waals surface area (Å²) in [5, 5.41) is 0. The van der Waals surface area contributed by atoms with Crippen molar-refractivity contribution in [3.05, 3.63) is 59.4 Å². The molecule has 2 aliphatic heterocycles. The van der Waals surface area contributed by atoms with Crippen molar-refractivity contribution in [2.45, 2.75) is 45.2 Å². The summed E-state index contributed by atoms with van der Waals surface area (Å²) in [6.45, 7) is 4.99. The van der Waals surface area contributed by atoms with Crippen molar-refractivity contribution in [1.29, 1.82) is 0 Å². The van der Waals surface area contributed by atoms with E-state index in [1.807, 2.05) is 17.0 Å². The number of pyridine rings is 1. The molecule has 0 radical (unpaired) electrons. The fourth-order valence-corrected chi connectivity index (χ4v) is 4.05. The van der Waals surface area contributed by atoms with Crippen molar-refractivity contribution in [1.82, 2.24) is 9.88 Å². The third-order valence-corrected chi connectivity index (χ3v) is 5.52. The number of aromatic nitrogens is 1. The average molecular weight is 335 g/mol. The van der Waals surface area contributed by atoms with Crippen molar-refractivity contribution >= 4 is 11.6 Å². The SMILES string of the molecule is CCC1Cc2ccccc2CN1C(=O)c1cc(N2CCCC2)ccn1. The van der Waals surface area contributed by atoms with Crippen LogP contribution in [-0.2, 0) is 13.0 Å². The van der Waals surface area contributed by atoms with E-state index in [2.05, 4.69) is 41.1 Å². The molecule has 0 spiro atoms. The van der Waals surface area contributed by atoms with E-state index in [4.69, 9.17) is 0 Å². The maximum Gasteiger partial charge on any atom is 0.273 e. The summed E-state index contributed by atoms with van der Waals surface area (Å²) in [6.07, 6.45) is 6.13. The zero-order valence-electron chi connectivity index (χ0n) is 14.8. The molecule has 4 rings (SSSR count). The molecule has 2 aromatic rings. The number of anilines is 1. The van der Waals surface area contributed by atoms with Gasteiger partial charge in [-0.05, 0) is 48.9 Å². The van der Waals surface area contributed by atoms with Crippen molar-refractivity contribution in [2.75, 3.05) is 18.0 Å². The maximum atomic E-state index is 13.2. The van der Waals surface area contributed by atoms with Gasteiger partial charge in [0, 0.05) is 37.6 Å². The highest BCUT2D eigenvalue weighted by molar-refractivity contribution is 5.93. The lowest BCUT2D eigenvalue weighted by molar-refractivity contribution is 0.0628. The minimum Gasteiger partial charge on any atom is -0.371 e. The second-order valence-corrected chi connectivity index (χ2v) is 7.06. The molecule has 1 atom stereocenters. The van der Waals surface area contributed by atoms with E-state index in [9.17, 15) is 4.79 Å². The predicted molar refractivity (Wildman–Crippen MR) is 99.8 cm³/mol. The van der Waals surface area contributed by atoms with Gasteiger partial charge in [0.25, 0.3) is 5.91 Å². The Bertz CT molecular complexity index is 767. The van der Waals surface area contributed by atoms with Crippen LogP contribution in [0.4, 0.5) is 5.69 Å². The molecule has 1 unspecified atom stereocenters. The summed E-state index contributed by atoms with van der Waals surface area (Å²) in [5.74, 6) is 0.0578. The molecule has 130 valence electrons. The fraction of sp³-hybridized carbons (Fsp3) is 0.429. The Hall–Kier alpha value is -2.36. The molecular weight excluding hydrogens is 310 g/mol. The van der Waals surface area contributed by atoms with Crippen molar-refractivity contribution in [3.63, 3.8) is 0 Å². The molecule has 1 aromatic carbocycles. The monoisotopic (exact) mass is 335 g/mol. The number of hydrogen-bond donors (Lipinski definition) is 0. The third kappa shape index (κ3) is 3.13. The number of carbonyl (C=O) groups excluding carboxylic acids is 1. The first kappa shape index (κ1) is 16.1. The van der Waals surface area contributed by atoms with E-state index in [0.717, 1.165) is 31.6 Å². The van der Waals surface area contributed by atoms with Crippen LogP contribution in [0.25, 0.3) is 0 Å². The molecule has 1 fully saturated rings. The molecule has 1 aromatic heterocycles. The van der Waals surface area contributed by atoms with Crippen LogP contribution in [0.2, 0.25) is 0 Å². The number of benzene rings is 1. The van der Waals surface area contributed by atoms with E-state index < -0.39 is 0 Å². The van der Waals surface area contributed by atoms with E-state index in [0.29, 0.717) is 12.2 Å². The van der Waals surface area contributed by atoms with Gasteiger partial charge in [0.1, 0.15) is 5.69 Å². The number of nitrogens with zero attached hydrogens (tertiary/aromatic N) is 3. The van der Waals surface area contributed by atoms with Crippen LogP contribution in [0.5, 0.6) is 0 Å². The number of fused-ring (bicyclic) bond motifs is 1. The second-order valence-electron chi connectivity index (χ2n) is 7.06. The van der Waals surface area contributed by atoms with Crippen molar-refractivity contribution in [3.8, 4) is 0 Å². The Kier molecular flexibility index (Phi) is 4.43. The molecule has 0 bridgehead atoms. The Morgan fingerprint density at radius 1 is 1.16 bits per heavy atom. The van der Waals surface area contributed by atoms with Gasteiger partial charge in [-0.1, -0.05) is 31.2 Å². The number of hydrogen-bond acceptors (Lipinski definition) is 3. The largest absolute Gasteiger partial charge is 0.371 e. The van der Waals surface area contributed by atoms with Gasteiger partial charge in [-0.2, -0.15) is 0 Å². The zero-order valence-corrected chi connectivity index (χ0v) is 14.8. The molecule has 1 amide bonds. The first-order valence-corrected chi connectivity index (χ1v) is 9.35. The molecule has 0 saturated carbocycles. The Balaban J connectivity index is 1.60. The van der Waals surface area contributed by atoms with Gasteiger partial charge in [-0.15, -0.1) is 0 Å². The minimum atomic E-state index is 0.0578. The summed E-state index contributed by atoms with van der Waals surface area (Å²) >= 11 is 0. The molecule has 0 aliphatic carbocycles. The van der Waals surface area contributed by atoms with Gasteiger partial charge >= 0.3 is 0 Å². The van der Waals surface area contributed by atoms with Gasteiger partial charge in [-0.3, -0.25) is 9.78 Å². The van der Waals surface area contributed by atoms with Gasteiger partial charge in [0.15, 0.2) is 0 Å². The summed E-state index contributed by atoms with van der Waals surface area (Å²) in [4.78, 5) is 21.9. The highest BCUT2D eigenvalue weighted by Gasteiger charge is 2.30. The topological polar surface area (TPSA) is 36.4 Å². The smallest absolute Gasteiger partial charge is 0.273 e. The maximum absolute atomic E-state index is 13.2. The predicted octanol–water partition coefficient (Wildman–Crippen LogP) is 3.66. The van der Waals surface area contributed by atoms with E-state index in [1.165, 1.54) is 24.0 Å². The van der Waals surface area contributed by atoms with Crippen LogP contribution in [0.15, 0.2) is 42.6 Å². The van der Waals surface area contributed by atoms with E-state index >= 15 is 0 Å². The molecule has 0 N–H and O–H groups in total. The highest BCUT2D eigenvalue weighted by Crippen LogP contribution is 2.27. The molecule has 3 heterocycles. The lowest BCUT2D eigenvalue weighted by atomic mass is 9.92. The highest BCUT2D eigenvalue weighted by atomic mass is 16.2. The zero-order chi connectivity index (χ0) is 17.2. The fourth-order valence-electron chi connectivity index (χ4n) is 4.05. The first-order chi connectivity index (χ1) is 12.3. The standard InChI is InChI=1S/C21H25N3O/c1-2-18-13-16-7-3-4-8-17(16)15-24(18)21(25)20-14-19(9-10-22-20)23-11-5-6-12-23/h3-4,7-10,14,18H,2,5-6,11-13,15H2,1H3. The molecule has 25 heavy (non-hydrogen) atoms. The third-order valence-electron chi connectivity index (χ3n) is 5.52. The number of rotatable bonds is 3. The average Bonchev–Trinajstić information content (AvgIpc) is 3.21. The molecule has 1 saturated heterocycles. The van der Waals surface area contributed by atoms with E-state index in [1.54, 1.807) is 6.20 Å². The Morgan fingerprint density at radius 2 is 1.92 bits per heavy atom. The molecule has 4 nitrogen and oxygen atoms in total. The summed E-state index contributed by atoms with van der Waals surface area (Å²) in [6, 6.07) is 12.7. The Labute approximate surface area is 149 Å². The number of carbonyl (C=O) groups is 1. The minimum absolute atomic E-state index is 0.0578. The van der Waals surface area contributed by atoms with Crippen LogP contribution in [0, 0.1) is 0 Å². The second kappa shape index (κ2) is 6.87. The summed E-state index contributed by atoms with van der Waals surface area (Å²) in [7, 11) is 0. The normalized spacial score (nSPS) is 19.8. The summed E-state index contributed by atoms with van der Waals surface area (Å²) < 4.78 is 0. The van der Waals surface area contributed by atoms with Crippen LogP contribution >= 0.6 is 0 Å². The first-order valence-electron chi connectivity index (χ1n) is 9.35. The van der Waals surface area contributed by atoms with Gasteiger partial charge in [-0.25, -0.2) is 0 Å². The van der Waals surface area contributed by atoms with Crippen molar-refractivity contribution in [2.24, 2.45) is 0 Å². The van der Waals surface area contributed by atoms with Crippen LogP contribution in [0.1, 0.15) is 47.8 Å². The number of amides is 1. The van der Waals surface area contributed by atoms with Crippen molar-refractivity contribution < 1.29 is 4.79 Å². The lowest BCUT2D eigenvalue weighted by Crippen LogP contribution is -2.44. The Morgan fingerprint density at radius 3 is 2.68 bits per heavy atom. The summed E-state index contributed by atoms with van der Waals surface area (Å²) in [5.41, 5.74) is 4.33. The molecule has 2 aliphatic rings. The van der Waals surface area contributed by atoms with Crippen LogP contribution < -0.4 is 4.90 Å². The van der Waals surface area contributed by atoms with Gasteiger partial charge in [0.2, 0.25) is 0 Å². The van der Waals surface area contributed by atoms with Gasteiger partial charge in [0.05, 0.1) is 0 Å². The van der Waals surface area contributed by atoms with Crippen LogP contribution in [0.3, 0.4) is 0 Å². The van der Waals surface area contributed by atoms with Crippen LogP contribution in [-0.4, -0.2) is 34.9 Å². The van der Waals surface area contributed by atoms with Gasteiger partial charge < -0.3 is 9.80 Å².